The minimum atomic E-state index is 0.487. The number of rotatable bonds is 5. The zero-order valence-electron chi connectivity index (χ0n) is 10.6. The first-order valence-corrected chi connectivity index (χ1v) is 6.64. The molecule has 1 aliphatic rings. The minimum Gasteiger partial charge on any atom is -0.382 e. The lowest BCUT2D eigenvalue weighted by Gasteiger charge is -2.26. The third-order valence-electron chi connectivity index (χ3n) is 3.43. The molecule has 0 radical (unpaired) electrons. The Labute approximate surface area is 103 Å². The summed E-state index contributed by atoms with van der Waals surface area (Å²) in [5.41, 5.74) is 5.55. The van der Waals surface area contributed by atoms with Crippen LogP contribution in [0.25, 0.3) is 0 Å². The van der Waals surface area contributed by atoms with Crippen LogP contribution in [0.4, 0.5) is 5.82 Å². The molecule has 96 valence electrons. The summed E-state index contributed by atoms with van der Waals surface area (Å²) < 4.78 is 7.79. The molecule has 4 heteroatoms. The summed E-state index contributed by atoms with van der Waals surface area (Å²) in [7, 11) is 0. The maximum absolute atomic E-state index is 5.91. The van der Waals surface area contributed by atoms with E-state index in [1.54, 1.807) is 0 Å². The molecule has 2 unspecified atom stereocenters. The van der Waals surface area contributed by atoms with Crippen LogP contribution in [0.5, 0.6) is 0 Å². The molecule has 1 fully saturated rings. The standard InChI is InChI=1S/C13H23N3O/c1-11-4-2-5-12(10-11)17-9-3-7-16-8-6-13(14)15-16/h6,8,11-12H,2-5,7,9-10H2,1H3,(H2,14,15). The molecular weight excluding hydrogens is 214 g/mol. The van der Waals surface area contributed by atoms with E-state index in [1.165, 1.54) is 25.7 Å². The zero-order chi connectivity index (χ0) is 12.1. The molecule has 1 aliphatic carbocycles. The van der Waals surface area contributed by atoms with Crippen LogP contribution in [0, 0.1) is 5.92 Å². The van der Waals surface area contributed by atoms with Crippen molar-refractivity contribution >= 4 is 5.82 Å². The summed E-state index contributed by atoms with van der Waals surface area (Å²) >= 11 is 0. The molecule has 0 aromatic carbocycles. The Morgan fingerprint density at radius 3 is 3.12 bits per heavy atom. The van der Waals surface area contributed by atoms with E-state index in [2.05, 4.69) is 12.0 Å². The maximum atomic E-state index is 5.91. The van der Waals surface area contributed by atoms with E-state index in [-0.39, 0.29) is 0 Å². The van der Waals surface area contributed by atoms with Crippen LogP contribution in [0.2, 0.25) is 0 Å². The van der Waals surface area contributed by atoms with Crippen molar-refractivity contribution in [3.8, 4) is 0 Å². The van der Waals surface area contributed by atoms with Crippen molar-refractivity contribution in [2.24, 2.45) is 5.92 Å². The molecule has 1 heterocycles. The summed E-state index contributed by atoms with van der Waals surface area (Å²) in [5, 5.41) is 4.15. The molecule has 2 rings (SSSR count). The Balaban J connectivity index is 1.59. The number of nitrogens with two attached hydrogens (primary N) is 1. The molecule has 2 atom stereocenters. The fraction of sp³-hybridized carbons (Fsp3) is 0.769. The van der Waals surface area contributed by atoms with Crippen molar-refractivity contribution in [2.75, 3.05) is 12.3 Å². The van der Waals surface area contributed by atoms with Crippen LogP contribution in [-0.4, -0.2) is 22.5 Å². The summed E-state index contributed by atoms with van der Waals surface area (Å²) in [6.07, 6.45) is 8.56. The first-order chi connectivity index (χ1) is 8.24. The number of nitrogen functional groups attached to an aromatic ring is 1. The van der Waals surface area contributed by atoms with Crippen LogP contribution in [0.15, 0.2) is 12.3 Å². The monoisotopic (exact) mass is 237 g/mol. The second-order valence-electron chi connectivity index (χ2n) is 5.12. The number of aryl methyl sites for hydroxylation is 1. The van der Waals surface area contributed by atoms with E-state index in [9.17, 15) is 0 Å². The van der Waals surface area contributed by atoms with Gasteiger partial charge in [0.25, 0.3) is 0 Å². The van der Waals surface area contributed by atoms with Crippen molar-refractivity contribution in [1.82, 2.24) is 9.78 Å². The van der Waals surface area contributed by atoms with Gasteiger partial charge in [-0.25, -0.2) is 0 Å². The van der Waals surface area contributed by atoms with E-state index in [0.29, 0.717) is 11.9 Å². The average Bonchev–Trinajstić information content (AvgIpc) is 2.71. The van der Waals surface area contributed by atoms with Gasteiger partial charge in [0.1, 0.15) is 5.82 Å². The lowest BCUT2D eigenvalue weighted by atomic mass is 9.89. The number of anilines is 1. The van der Waals surface area contributed by atoms with Crippen LogP contribution in [-0.2, 0) is 11.3 Å². The maximum Gasteiger partial charge on any atom is 0.145 e. The predicted molar refractivity (Wildman–Crippen MR) is 68.6 cm³/mol. The van der Waals surface area contributed by atoms with Gasteiger partial charge in [-0.15, -0.1) is 0 Å². The zero-order valence-corrected chi connectivity index (χ0v) is 10.6. The molecule has 17 heavy (non-hydrogen) atoms. The molecule has 1 saturated carbocycles. The number of ether oxygens (including phenoxy) is 1. The van der Waals surface area contributed by atoms with Crippen molar-refractivity contribution in [2.45, 2.75) is 51.7 Å². The fourth-order valence-corrected chi connectivity index (χ4v) is 2.51. The van der Waals surface area contributed by atoms with E-state index >= 15 is 0 Å². The molecular formula is C13H23N3O. The summed E-state index contributed by atoms with van der Waals surface area (Å²) in [6.45, 7) is 4.04. The van der Waals surface area contributed by atoms with E-state index in [1.807, 2.05) is 16.9 Å². The highest BCUT2D eigenvalue weighted by atomic mass is 16.5. The first kappa shape index (κ1) is 12.4. The minimum absolute atomic E-state index is 0.487. The SMILES string of the molecule is CC1CCCC(OCCCn2ccc(N)n2)C1. The van der Waals surface area contributed by atoms with Gasteiger partial charge in [-0.05, 0) is 31.2 Å². The molecule has 0 aliphatic heterocycles. The van der Waals surface area contributed by atoms with Crippen LogP contribution < -0.4 is 5.73 Å². The highest BCUT2D eigenvalue weighted by Gasteiger charge is 2.18. The normalized spacial score (nSPS) is 25.0. The summed E-state index contributed by atoms with van der Waals surface area (Å²) in [4.78, 5) is 0. The summed E-state index contributed by atoms with van der Waals surface area (Å²) in [5.74, 6) is 1.42. The Morgan fingerprint density at radius 2 is 2.41 bits per heavy atom. The van der Waals surface area contributed by atoms with Gasteiger partial charge in [0.15, 0.2) is 0 Å². The largest absolute Gasteiger partial charge is 0.382 e. The average molecular weight is 237 g/mol. The third-order valence-corrected chi connectivity index (χ3v) is 3.43. The number of aromatic nitrogens is 2. The molecule has 2 N–H and O–H groups in total. The molecule has 4 nitrogen and oxygen atoms in total. The van der Waals surface area contributed by atoms with Crippen molar-refractivity contribution < 1.29 is 4.74 Å². The Bertz CT molecular complexity index is 337. The van der Waals surface area contributed by atoms with Crippen LogP contribution >= 0.6 is 0 Å². The Kier molecular flexibility index (Phi) is 4.42. The third kappa shape index (κ3) is 4.04. The smallest absolute Gasteiger partial charge is 0.145 e. The highest BCUT2D eigenvalue weighted by molar-refractivity contribution is 5.23. The topological polar surface area (TPSA) is 53.1 Å². The van der Waals surface area contributed by atoms with E-state index in [4.69, 9.17) is 10.5 Å². The fourth-order valence-electron chi connectivity index (χ4n) is 2.51. The Morgan fingerprint density at radius 1 is 1.53 bits per heavy atom. The Hall–Kier alpha value is -1.03. The van der Waals surface area contributed by atoms with Crippen molar-refractivity contribution in [3.05, 3.63) is 12.3 Å². The number of hydrogen-bond acceptors (Lipinski definition) is 3. The van der Waals surface area contributed by atoms with Gasteiger partial charge in [-0.2, -0.15) is 5.10 Å². The molecule has 0 bridgehead atoms. The lowest BCUT2D eigenvalue weighted by molar-refractivity contribution is 0.0129. The van der Waals surface area contributed by atoms with Gasteiger partial charge in [0, 0.05) is 19.3 Å². The quantitative estimate of drug-likeness (QED) is 0.800. The van der Waals surface area contributed by atoms with Gasteiger partial charge in [-0.3, -0.25) is 4.68 Å². The van der Waals surface area contributed by atoms with Gasteiger partial charge in [0.2, 0.25) is 0 Å². The molecule has 0 saturated heterocycles. The predicted octanol–water partition coefficient (Wildman–Crippen LogP) is 2.45. The number of nitrogens with zero attached hydrogens (tertiary/aromatic N) is 2. The van der Waals surface area contributed by atoms with Gasteiger partial charge >= 0.3 is 0 Å². The molecule has 0 amide bonds. The summed E-state index contributed by atoms with van der Waals surface area (Å²) in [6, 6.07) is 1.82. The first-order valence-electron chi connectivity index (χ1n) is 6.64. The van der Waals surface area contributed by atoms with Gasteiger partial charge in [-0.1, -0.05) is 19.8 Å². The van der Waals surface area contributed by atoms with Crippen LogP contribution in [0.1, 0.15) is 39.0 Å². The highest BCUT2D eigenvalue weighted by Crippen LogP contribution is 2.25. The molecule has 0 spiro atoms. The van der Waals surface area contributed by atoms with Crippen molar-refractivity contribution in [3.63, 3.8) is 0 Å². The lowest BCUT2D eigenvalue weighted by Crippen LogP contribution is -2.22. The molecule has 1 aromatic rings. The van der Waals surface area contributed by atoms with E-state index < -0.39 is 0 Å². The van der Waals surface area contributed by atoms with Gasteiger partial charge < -0.3 is 10.5 Å². The molecule has 1 aromatic heterocycles. The number of hydrogen-bond donors (Lipinski definition) is 1. The second kappa shape index (κ2) is 6.05. The van der Waals surface area contributed by atoms with Crippen molar-refractivity contribution in [1.29, 1.82) is 0 Å². The van der Waals surface area contributed by atoms with Crippen LogP contribution in [0.3, 0.4) is 0 Å². The van der Waals surface area contributed by atoms with E-state index in [0.717, 1.165) is 25.5 Å². The second-order valence-corrected chi connectivity index (χ2v) is 5.12. The van der Waals surface area contributed by atoms with Gasteiger partial charge in [0.05, 0.1) is 6.10 Å².